The zero-order valence-electron chi connectivity index (χ0n) is 20.0. The van der Waals surface area contributed by atoms with Gasteiger partial charge in [0.2, 0.25) is 5.95 Å². The Hall–Kier alpha value is -3.53. The van der Waals surface area contributed by atoms with E-state index in [0.29, 0.717) is 17.3 Å². The zero-order chi connectivity index (χ0) is 24.8. The van der Waals surface area contributed by atoms with Crippen LogP contribution in [-0.4, -0.2) is 66.7 Å². The summed E-state index contributed by atoms with van der Waals surface area (Å²) in [5.41, 5.74) is 3.84. The third-order valence-corrected chi connectivity index (χ3v) is 8.14. The van der Waals surface area contributed by atoms with Gasteiger partial charge in [0.05, 0.1) is 10.6 Å². The van der Waals surface area contributed by atoms with Crippen molar-refractivity contribution in [1.82, 2.24) is 25.2 Å². The highest BCUT2D eigenvalue weighted by molar-refractivity contribution is 7.91. The zero-order valence-corrected chi connectivity index (χ0v) is 20.8. The number of rotatable bonds is 9. The molecule has 2 aromatic carbocycles. The fourth-order valence-electron chi connectivity index (χ4n) is 4.34. The van der Waals surface area contributed by atoms with Crippen LogP contribution in [0.5, 0.6) is 0 Å². The molecule has 0 amide bonds. The third kappa shape index (κ3) is 5.99. The van der Waals surface area contributed by atoms with E-state index in [1.165, 1.54) is 0 Å². The van der Waals surface area contributed by atoms with E-state index in [1.807, 2.05) is 30.5 Å². The molecule has 1 fully saturated rings. The van der Waals surface area contributed by atoms with Gasteiger partial charge in [-0.2, -0.15) is 0 Å². The number of nitrogens with one attached hydrogen (secondary N) is 3. The first-order valence-electron chi connectivity index (χ1n) is 12.2. The lowest BCUT2D eigenvalue weighted by atomic mass is 10.1. The van der Waals surface area contributed by atoms with Crippen LogP contribution in [0.1, 0.15) is 17.5 Å². The van der Waals surface area contributed by atoms with Crippen molar-refractivity contribution in [3.05, 3.63) is 78.2 Å². The Bertz CT molecular complexity index is 1420. The fraction of sp³-hybridized carbons (Fsp3) is 0.259. The molecule has 0 aliphatic carbocycles. The fourth-order valence-corrected chi connectivity index (χ4v) is 5.63. The number of hydrogen-bond donors (Lipinski definition) is 3. The van der Waals surface area contributed by atoms with E-state index >= 15 is 0 Å². The molecule has 8 nitrogen and oxygen atoms in total. The van der Waals surface area contributed by atoms with Gasteiger partial charge in [-0.1, -0.05) is 24.3 Å². The first-order valence-corrected chi connectivity index (χ1v) is 13.8. The molecule has 5 rings (SSSR count). The molecule has 3 heterocycles. The van der Waals surface area contributed by atoms with Gasteiger partial charge in [-0.05, 0) is 54.9 Å². The minimum atomic E-state index is -3.31. The molecule has 0 atom stereocenters. The quantitative estimate of drug-likeness (QED) is 0.319. The molecule has 1 aliphatic heterocycles. The maximum absolute atomic E-state index is 12.7. The number of aromatic nitrogens is 3. The lowest BCUT2D eigenvalue weighted by molar-refractivity contribution is 0.242. The van der Waals surface area contributed by atoms with E-state index in [0.717, 1.165) is 60.4 Å². The predicted octanol–water partition coefficient (Wildman–Crippen LogP) is 3.94. The Kier molecular flexibility index (Phi) is 7.41. The number of aromatic amines is 1. The van der Waals surface area contributed by atoms with Crippen LogP contribution in [0.3, 0.4) is 0 Å². The van der Waals surface area contributed by atoms with E-state index in [2.05, 4.69) is 42.6 Å². The Labute approximate surface area is 211 Å². The largest absolute Gasteiger partial charge is 0.361 e. The van der Waals surface area contributed by atoms with Gasteiger partial charge in [-0.15, -0.1) is 0 Å². The molecule has 1 saturated heterocycles. The first-order chi connectivity index (χ1) is 17.6. The predicted molar refractivity (Wildman–Crippen MR) is 145 cm³/mol. The van der Waals surface area contributed by atoms with E-state index in [9.17, 15) is 8.42 Å². The van der Waals surface area contributed by atoms with Gasteiger partial charge in [-0.3, -0.25) is 0 Å². The summed E-state index contributed by atoms with van der Waals surface area (Å²) >= 11 is 0. The van der Waals surface area contributed by atoms with Gasteiger partial charge in [0.15, 0.2) is 9.84 Å². The van der Waals surface area contributed by atoms with Gasteiger partial charge in [0.1, 0.15) is 0 Å². The Morgan fingerprint density at radius 2 is 1.75 bits per heavy atom. The number of sulfone groups is 1. The van der Waals surface area contributed by atoms with E-state index in [-0.39, 0.29) is 5.75 Å². The van der Waals surface area contributed by atoms with Crippen LogP contribution >= 0.6 is 0 Å². The summed E-state index contributed by atoms with van der Waals surface area (Å²) in [7, 11) is -3.31. The summed E-state index contributed by atoms with van der Waals surface area (Å²) in [4.78, 5) is 14.6. The van der Waals surface area contributed by atoms with Crippen molar-refractivity contribution >= 4 is 44.5 Å². The van der Waals surface area contributed by atoms with Gasteiger partial charge in [-0.25, -0.2) is 18.4 Å². The number of nitrogens with zero attached hydrogens (tertiary/aromatic N) is 3. The van der Waals surface area contributed by atoms with Gasteiger partial charge in [0, 0.05) is 66.9 Å². The van der Waals surface area contributed by atoms with E-state index in [4.69, 9.17) is 0 Å². The number of anilines is 2. The van der Waals surface area contributed by atoms with Gasteiger partial charge in [0.25, 0.3) is 0 Å². The Balaban J connectivity index is 1.16. The van der Waals surface area contributed by atoms with Crippen molar-refractivity contribution in [2.75, 3.05) is 43.8 Å². The second-order valence-electron chi connectivity index (χ2n) is 8.87. The maximum atomic E-state index is 12.7. The number of fused-ring (bicyclic) bond motifs is 1. The molecule has 3 N–H and O–H groups in total. The smallest absolute Gasteiger partial charge is 0.227 e. The molecule has 186 valence electrons. The SMILES string of the molecule is O=S(=O)(CCCN1CCNCC1)c1ccc(Nc2ncc(/C=C/c3cccc4[nH]ccc34)cn2)cc1. The minimum absolute atomic E-state index is 0.153. The van der Waals surface area contributed by atoms with Gasteiger partial charge < -0.3 is 20.5 Å². The highest BCUT2D eigenvalue weighted by Gasteiger charge is 2.16. The topological polar surface area (TPSA) is 103 Å². The second kappa shape index (κ2) is 11.0. The summed E-state index contributed by atoms with van der Waals surface area (Å²) < 4.78 is 25.4. The summed E-state index contributed by atoms with van der Waals surface area (Å²) in [6.07, 6.45) is 10.1. The molecule has 36 heavy (non-hydrogen) atoms. The normalized spacial score (nSPS) is 15.0. The van der Waals surface area contributed by atoms with Crippen molar-refractivity contribution in [2.45, 2.75) is 11.3 Å². The molecule has 4 aromatic rings. The molecule has 0 radical (unpaired) electrons. The molecular weight excluding hydrogens is 472 g/mol. The van der Waals surface area contributed by atoms with Crippen molar-refractivity contribution in [2.24, 2.45) is 0 Å². The van der Waals surface area contributed by atoms with E-state index in [1.54, 1.807) is 36.7 Å². The molecule has 0 unspecified atom stereocenters. The summed E-state index contributed by atoms with van der Waals surface area (Å²) in [5, 5.41) is 7.61. The molecule has 2 aromatic heterocycles. The number of benzene rings is 2. The minimum Gasteiger partial charge on any atom is -0.361 e. The first kappa shape index (κ1) is 24.2. The van der Waals surface area contributed by atoms with Crippen LogP contribution in [0.2, 0.25) is 0 Å². The Morgan fingerprint density at radius 3 is 2.53 bits per heavy atom. The van der Waals surface area contributed by atoms with E-state index < -0.39 is 9.84 Å². The molecule has 0 spiro atoms. The van der Waals surface area contributed by atoms with Crippen LogP contribution in [-0.2, 0) is 9.84 Å². The molecule has 1 aliphatic rings. The maximum Gasteiger partial charge on any atom is 0.227 e. The highest BCUT2D eigenvalue weighted by Crippen LogP contribution is 2.21. The van der Waals surface area contributed by atoms with Gasteiger partial charge >= 0.3 is 0 Å². The highest BCUT2D eigenvalue weighted by atomic mass is 32.2. The lowest BCUT2D eigenvalue weighted by Crippen LogP contribution is -2.44. The lowest BCUT2D eigenvalue weighted by Gasteiger charge is -2.26. The van der Waals surface area contributed by atoms with Crippen molar-refractivity contribution in [3.8, 4) is 0 Å². The van der Waals surface area contributed by atoms with Crippen molar-refractivity contribution in [3.63, 3.8) is 0 Å². The standard InChI is InChI=1S/C27H30N6O2S/c34-36(35,18-2-15-33-16-13-28-14-17-33)24-9-7-23(8-10-24)32-27-30-19-21(20-31-27)5-6-22-3-1-4-26-25(22)11-12-29-26/h1,3-12,19-20,28-29H,2,13-18H2,(H,30,31,32)/b6-5+. The van der Waals surface area contributed by atoms with Crippen LogP contribution in [0.15, 0.2) is 72.0 Å². The molecule has 0 saturated carbocycles. The van der Waals surface area contributed by atoms with Crippen molar-refractivity contribution < 1.29 is 8.42 Å². The average Bonchev–Trinajstić information content (AvgIpc) is 3.39. The Morgan fingerprint density at radius 1 is 0.972 bits per heavy atom. The van der Waals surface area contributed by atoms with Crippen LogP contribution in [0.4, 0.5) is 11.6 Å². The number of hydrogen-bond acceptors (Lipinski definition) is 7. The third-order valence-electron chi connectivity index (χ3n) is 6.32. The van der Waals surface area contributed by atoms with Crippen LogP contribution < -0.4 is 10.6 Å². The summed E-state index contributed by atoms with van der Waals surface area (Å²) in [6, 6.07) is 15.0. The number of H-pyrrole nitrogens is 1. The molecule has 0 bridgehead atoms. The monoisotopic (exact) mass is 502 g/mol. The second-order valence-corrected chi connectivity index (χ2v) is 11.0. The summed E-state index contributed by atoms with van der Waals surface area (Å²) in [5.74, 6) is 0.604. The average molecular weight is 503 g/mol. The van der Waals surface area contributed by atoms with Crippen molar-refractivity contribution in [1.29, 1.82) is 0 Å². The summed E-state index contributed by atoms with van der Waals surface area (Å²) in [6.45, 7) is 4.70. The molecular formula is C27H30N6O2S. The number of piperazine rings is 1. The molecule has 9 heteroatoms. The van der Waals surface area contributed by atoms with Crippen LogP contribution in [0.25, 0.3) is 23.1 Å². The van der Waals surface area contributed by atoms with Crippen LogP contribution in [0, 0.1) is 0 Å².